The molecule has 2 fully saturated rings. The lowest BCUT2D eigenvalue weighted by Gasteiger charge is -2.21. The van der Waals surface area contributed by atoms with Gasteiger partial charge in [-0.1, -0.05) is 23.9 Å². The molecule has 2 aromatic rings. The number of rotatable bonds is 3. The molecule has 2 aliphatic heterocycles. The van der Waals surface area contributed by atoms with Crippen molar-refractivity contribution in [3.63, 3.8) is 0 Å². The Morgan fingerprint density at radius 1 is 1.36 bits per heavy atom. The van der Waals surface area contributed by atoms with E-state index >= 15 is 0 Å². The van der Waals surface area contributed by atoms with Gasteiger partial charge in [-0.25, -0.2) is 0 Å². The summed E-state index contributed by atoms with van der Waals surface area (Å²) in [5, 5.41) is 0.567. The minimum Gasteiger partial charge on any atom is -0.493 e. The molecular formula is C17H16N2O5S. The predicted molar refractivity (Wildman–Crippen MR) is 91.8 cm³/mol. The summed E-state index contributed by atoms with van der Waals surface area (Å²) in [5.41, 5.74) is 0.533. The number of benzene rings is 1. The van der Waals surface area contributed by atoms with E-state index in [4.69, 9.17) is 9.15 Å². The first-order valence-electron chi connectivity index (χ1n) is 7.93. The number of hydrogen-bond donors (Lipinski definition) is 0. The van der Waals surface area contributed by atoms with Crippen LogP contribution in [0.25, 0.3) is 11.0 Å². The lowest BCUT2D eigenvalue weighted by atomic mass is 10.2. The summed E-state index contributed by atoms with van der Waals surface area (Å²) in [7, 11) is 1.55. The van der Waals surface area contributed by atoms with E-state index in [-0.39, 0.29) is 34.6 Å². The van der Waals surface area contributed by atoms with Gasteiger partial charge in [0.15, 0.2) is 17.1 Å². The number of thioether (sulfide) groups is 1. The molecule has 0 saturated carbocycles. The third-order valence-corrected chi connectivity index (χ3v) is 5.37. The van der Waals surface area contributed by atoms with Gasteiger partial charge in [0, 0.05) is 18.5 Å². The second-order valence-corrected chi connectivity index (χ2v) is 6.93. The van der Waals surface area contributed by atoms with Crippen molar-refractivity contribution in [3.8, 4) is 5.75 Å². The highest BCUT2D eigenvalue weighted by molar-refractivity contribution is 8.14. The summed E-state index contributed by atoms with van der Waals surface area (Å²) < 4.78 is 11.0. The average molecular weight is 360 g/mol. The lowest BCUT2D eigenvalue weighted by Crippen LogP contribution is -2.41. The summed E-state index contributed by atoms with van der Waals surface area (Å²) in [5.74, 6) is 0.567. The number of imide groups is 1. The first-order valence-corrected chi connectivity index (χ1v) is 8.91. The largest absolute Gasteiger partial charge is 0.493 e. The van der Waals surface area contributed by atoms with E-state index in [1.807, 2.05) is 12.1 Å². The summed E-state index contributed by atoms with van der Waals surface area (Å²) in [6, 6.07) is 6.89. The van der Waals surface area contributed by atoms with Crippen LogP contribution in [0.2, 0.25) is 0 Å². The first-order chi connectivity index (χ1) is 12.1. The van der Waals surface area contributed by atoms with Crippen molar-refractivity contribution in [3.05, 3.63) is 30.0 Å². The van der Waals surface area contributed by atoms with Gasteiger partial charge in [0.1, 0.15) is 0 Å². The van der Waals surface area contributed by atoms with Gasteiger partial charge < -0.3 is 14.1 Å². The van der Waals surface area contributed by atoms with Crippen LogP contribution in [0, 0.1) is 0 Å². The van der Waals surface area contributed by atoms with Crippen LogP contribution in [0.3, 0.4) is 0 Å². The Labute approximate surface area is 147 Å². The molecular weight excluding hydrogens is 344 g/mol. The summed E-state index contributed by atoms with van der Waals surface area (Å²) >= 11 is 1.01. The minimum absolute atomic E-state index is 0.178. The summed E-state index contributed by atoms with van der Waals surface area (Å²) in [6.45, 7) is 0.824. The van der Waals surface area contributed by atoms with E-state index in [1.165, 1.54) is 4.90 Å². The quantitative estimate of drug-likeness (QED) is 0.836. The molecule has 2 aliphatic rings. The number of carbonyl (C=O) groups is 3. The number of furan rings is 1. The maximum atomic E-state index is 12.7. The Balaban J connectivity index is 1.54. The zero-order valence-corrected chi connectivity index (χ0v) is 14.4. The normalized spacial score (nSPS) is 20.8. The molecule has 0 N–H and O–H groups in total. The van der Waals surface area contributed by atoms with Crippen LogP contribution >= 0.6 is 11.8 Å². The van der Waals surface area contributed by atoms with E-state index in [2.05, 4.69) is 0 Å². The lowest BCUT2D eigenvalue weighted by molar-refractivity contribution is -0.126. The fourth-order valence-electron chi connectivity index (χ4n) is 3.31. The van der Waals surface area contributed by atoms with Crippen LogP contribution in [0.1, 0.15) is 17.0 Å². The summed E-state index contributed by atoms with van der Waals surface area (Å²) in [4.78, 5) is 39.3. The molecule has 0 radical (unpaired) electrons. The van der Waals surface area contributed by atoms with Crippen LogP contribution in [0.5, 0.6) is 5.75 Å². The molecule has 25 heavy (non-hydrogen) atoms. The van der Waals surface area contributed by atoms with Gasteiger partial charge in [0.25, 0.3) is 11.1 Å². The van der Waals surface area contributed by atoms with Crippen molar-refractivity contribution in [2.45, 2.75) is 12.5 Å². The predicted octanol–water partition coefficient (Wildman–Crippen LogP) is 2.35. The fraction of sp³-hybridized carbons (Fsp3) is 0.353. The number of amides is 3. The van der Waals surface area contributed by atoms with E-state index < -0.39 is 0 Å². The van der Waals surface area contributed by atoms with Gasteiger partial charge in [-0.05, 0) is 18.6 Å². The highest BCUT2D eigenvalue weighted by Gasteiger charge is 2.40. The molecule has 8 heteroatoms. The Morgan fingerprint density at radius 2 is 2.20 bits per heavy atom. The number of fused-ring (bicyclic) bond motifs is 1. The SMILES string of the molecule is COc1cccc2cc(C(=O)N3CCC(N4C(=O)CSC4=O)C3)oc12. The van der Waals surface area contributed by atoms with Gasteiger partial charge in [-0.15, -0.1) is 0 Å². The molecule has 4 rings (SSSR count). The van der Waals surface area contributed by atoms with Crippen molar-refractivity contribution in [1.29, 1.82) is 0 Å². The third kappa shape index (κ3) is 2.66. The molecule has 3 heterocycles. The van der Waals surface area contributed by atoms with Gasteiger partial charge in [-0.2, -0.15) is 0 Å². The molecule has 1 aromatic carbocycles. The van der Waals surface area contributed by atoms with Crippen molar-refractivity contribution >= 4 is 39.8 Å². The Kier molecular flexibility index (Phi) is 3.91. The van der Waals surface area contributed by atoms with E-state index in [1.54, 1.807) is 24.1 Å². The van der Waals surface area contributed by atoms with Gasteiger partial charge in [-0.3, -0.25) is 19.3 Å². The highest BCUT2D eigenvalue weighted by atomic mass is 32.2. The molecule has 0 bridgehead atoms. The Morgan fingerprint density at radius 3 is 2.92 bits per heavy atom. The zero-order chi connectivity index (χ0) is 17.6. The van der Waals surface area contributed by atoms with E-state index in [9.17, 15) is 14.4 Å². The standard InChI is InChI=1S/C17H16N2O5S/c1-23-12-4-2-3-10-7-13(24-15(10)12)16(21)18-6-5-11(8-18)19-14(20)9-25-17(19)22/h2-4,7,11H,5-6,8-9H2,1H3. The van der Waals surface area contributed by atoms with Crippen LogP contribution in [0.15, 0.2) is 28.7 Å². The number of methoxy groups -OCH3 is 1. The topological polar surface area (TPSA) is 80.1 Å². The maximum Gasteiger partial charge on any atom is 0.289 e. The molecule has 2 saturated heterocycles. The zero-order valence-electron chi connectivity index (χ0n) is 13.6. The highest BCUT2D eigenvalue weighted by Crippen LogP contribution is 2.31. The minimum atomic E-state index is -0.252. The van der Waals surface area contributed by atoms with Crippen LogP contribution in [-0.2, 0) is 4.79 Å². The number of para-hydroxylation sites is 1. The second-order valence-electron chi connectivity index (χ2n) is 6.00. The molecule has 130 valence electrons. The number of likely N-dealkylation sites (tertiary alicyclic amines) is 1. The van der Waals surface area contributed by atoms with Gasteiger partial charge in [0.05, 0.1) is 18.9 Å². The van der Waals surface area contributed by atoms with Crippen LogP contribution in [0.4, 0.5) is 4.79 Å². The monoisotopic (exact) mass is 360 g/mol. The molecule has 0 aliphatic carbocycles. The van der Waals surface area contributed by atoms with Gasteiger partial charge >= 0.3 is 0 Å². The third-order valence-electron chi connectivity index (χ3n) is 4.54. The maximum absolute atomic E-state index is 12.7. The van der Waals surface area contributed by atoms with Gasteiger partial charge in [0.2, 0.25) is 5.91 Å². The molecule has 1 atom stereocenters. The number of ether oxygens (including phenoxy) is 1. The van der Waals surface area contributed by atoms with Crippen molar-refractivity contribution in [1.82, 2.24) is 9.80 Å². The van der Waals surface area contributed by atoms with Crippen molar-refractivity contribution in [2.75, 3.05) is 26.0 Å². The molecule has 1 aromatic heterocycles. The molecule has 3 amide bonds. The fourth-order valence-corrected chi connectivity index (χ4v) is 4.09. The first kappa shape index (κ1) is 16.0. The summed E-state index contributed by atoms with van der Waals surface area (Å²) in [6.07, 6.45) is 0.591. The van der Waals surface area contributed by atoms with Crippen molar-refractivity contribution < 1.29 is 23.5 Å². The smallest absolute Gasteiger partial charge is 0.289 e. The number of hydrogen-bond acceptors (Lipinski definition) is 6. The van der Waals surface area contributed by atoms with Crippen LogP contribution in [-0.4, -0.2) is 58.8 Å². The van der Waals surface area contributed by atoms with E-state index in [0.717, 1.165) is 17.1 Å². The molecule has 7 nitrogen and oxygen atoms in total. The van der Waals surface area contributed by atoms with Crippen molar-refractivity contribution in [2.24, 2.45) is 0 Å². The molecule has 1 unspecified atom stereocenters. The Hall–Kier alpha value is -2.48. The van der Waals surface area contributed by atoms with E-state index in [0.29, 0.717) is 30.8 Å². The number of carbonyl (C=O) groups excluding carboxylic acids is 3. The van der Waals surface area contributed by atoms with Crippen LogP contribution < -0.4 is 4.74 Å². The molecule has 0 spiro atoms. The number of nitrogens with zero attached hydrogens (tertiary/aromatic N) is 2. The second kappa shape index (κ2) is 6.11. The average Bonchev–Trinajstić information content (AvgIpc) is 3.32. The Bertz CT molecular complexity index is 861.